The normalized spacial score (nSPS) is 11.0. The molecule has 20 heavy (non-hydrogen) atoms. The van der Waals surface area contributed by atoms with E-state index in [1.165, 1.54) is 31.2 Å². The summed E-state index contributed by atoms with van der Waals surface area (Å²) in [6, 6.07) is 8.33. The molecule has 114 valence electrons. The van der Waals surface area contributed by atoms with Crippen LogP contribution in [0.4, 0.5) is 0 Å². The Balaban J connectivity index is 2.12. The second-order valence-corrected chi connectivity index (χ2v) is 5.40. The Morgan fingerprint density at radius 1 is 1.15 bits per heavy atom. The molecule has 0 aliphatic rings. The van der Waals surface area contributed by atoms with E-state index in [0.717, 1.165) is 31.9 Å². The molecular formula is C17H30N2O. The monoisotopic (exact) mass is 278 g/mol. The first-order valence-corrected chi connectivity index (χ1v) is 7.78. The molecule has 0 fully saturated rings. The summed E-state index contributed by atoms with van der Waals surface area (Å²) in [5.41, 5.74) is 1.32. The van der Waals surface area contributed by atoms with Crippen molar-refractivity contribution in [2.45, 2.75) is 39.2 Å². The van der Waals surface area contributed by atoms with Crippen molar-refractivity contribution in [1.82, 2.24) is 10.2 Å². The summed E-state index contributed by atoms with van der Waals surface area (Å²) >= 11 is 0. The topological polar surface area (TPSA) is 24.5 Å². The number of nitrogens with zero attached hydrogens (tertiary/aromatic N) is 1. The highest BCUT2D eigenvalue weighted by Gasteiger charge is 2.01. The molecule has 0 bridgehead atoms. The Morgan fingerprint density at radius 2 is 2.00 bits per heavy atom. The van der Waals surface area contributed by atoms with Crippen LogP contribution >= 0.6 is 0 Å². The number of hydrogen-bond donors (Lipinski definition) is 1. The lowest BCUT2D eigenvalue weighted by Gasteiger charge is -2.17. The van der Waals surface area contributed by atoms with Gasteiger partial charge in [0.05, 0.1) is 7.11 Å². The van der Waals surface area contributed by atoms with E-state index >= 15 is 0 Å². The van der Waals surface area contributed by atoms with E-state index in [1.807, 2.05) is 6.07 Å². The highest BCUT2D eigenvalue weighted by Crippen LogP contribution is 2.14. The van der Waals surface area contributed by atoms with Crippen LogP contribution in [0.25, 0.3) is 0 Å². The van der Waals surface area contributed by atoms with Crippen LogP contribution in [0.3, 0.4) is 0 Å². The van der Waals surface area contributed by atoms with Crippen LogP contribution in [-0.4, -0.2) is 38.7 Å². The maximum atomic E-state index is 5.26. The quantitative estimate of drug-likeness (QED) is 0.629. The summed E-state index contributed by atoms with van der Waals surface area (Å²) in [7, 11) is 3.91. The lowest BCUT2D eigenvalue weighted by atomic mass is 10.2. The van der Waals surface area contributed by atoms with Crippen molar-refractivity contribution in [1.29, 1.82) is 0 Å². The molecule has 0 radical (unpaired) electrons. The number of benzene rings is 1. The number of unbranched alkanes of at least 4 members (excludes halogenated alkanes) is 2. The Hall–Kier alpha value is -1.06. The average molecular weight is 278 g/mol. The highest BCUT2D eigenvalue weighted by atomic mass is 16.5. The van der Waals surface area contributed by atoms with Gasteiger partial charge in [-0.1, -0.05) is 25.5 Å². The largest absolute Gasteiger partial charge is 0.497 e. The SMILES string of the molecule is CCCNCCCCCN(C)Cc1cccc(OC)c1. The molecule has 0 heterocycles. The van der Waals surface area contributed by atoms with Gasteiger partial charge in [0.2, 0.25) is 0 Å². The van der Waals surface area contributed by atoms with Gasteiger partial charge in [-0.2, -0.15) is 0 Å². The van der Waals surface area contributed by atoms with Gasteiger partial charge in [0.1, 0.15) is 5.75 Å². The Labute approximate surface area is 124 Å². The molecule has 0 aliphatic carbocycles. The van der Waals surface area contributed by atoms with Crippen LogP contribution in [-0.2, 0) is 6.54 Å². The molecule has 1 rings (SSSR count). The van der Waals surface area contributed by atoms with Crippen LogP contribution in [0, 0.1) is 0 Å². The van der Waals surface area contributed by atoms with E-state index in [2.05, 4.69) is 42.4 Å². The van der Waals surface area contributed by atoms with Crippen molar-refractivity contribution < 1.29 is 4.74 Å². The van der Waals surface area contributed by atoms with Gasteiger partial charge in [0, 0.05) is 6.54 Å². The van der Waals surface area contributed by atoms with Gasteiger partial charge in [-0.3, -0.25) is 0 Å². The predicted octanol–water partition coefficient (Wildman–Crippen LogP) is 3.30. The second kappa shape index (κ2) is 10.7. The van der Waals surface area contributed by atoms with Crippen molar-refractivity contribution in [2.24, 2.45) is 0 Å². The summed E-state index contributed by atoms with van der Waals surface area (Å²) in [5, 5.41) is 3.45. The van der Waals surface area contributed by atoms with Gasteiger partial charge in [-0.05, 0) is 63.6 Å². The number of hydrogen-bond acceptors (Lipinski definition) is 3. The maximum absolute atomic E-state index is 5.26. The standard InChI is InChI=1S/C17H30N2O/c1-4-11-18-12-6-5-7-13-19(2)15-16-9-8-10-17(14-16)20-3/h8-10,14,18H,4-7,11-13,15H2,1-3H3. The minimum Gasteiger partial charge on any atom is -0.497 e. The first kappa shape index (κ1) is 17.0. The van der Waals surface area contributed by atoms with E-state index in [1.54, 1.807) is 7.11 Å². The van der Waals surface area contributed by atoms with Gasteiger partial charge in [0.15, 0.2) is 0 Å². The zero-order valence-corrected chi connectivity index (χ0v) is 13.3. The molecule has 1 N–H and O–H groups in total. The Morgan fingerprint density at radius 3 is 2.75 bits per heavy atom. The molecule has 0 amide bonds. The summed E-state index contributed by atoms with van der Waals surface area (Å²) in [5.74, 6) is 0.942. The number of rotatable bonds is 11. The molecule has 3 heteroatoms. The van der Waals surface area contributed by atoms with Crippen LogP contribution in [0.2, 0.25) is 0 Å². The first-order valence-electron chi connectivity index (χ1n) is 7.78. The molecule has 3 nitrogen and oxygen atoms in total. The van der Waals surface area contributed by atoms with E-state index < -0.39 is 0 Å². The fourth-order valence-corrected chi connectivity index (χ4v) is 2.27. The molecule has 0 spiro atoms. The van der Waals surface area contributed by atoms with E-state index in [0.29, 0.717) is 0 Å². The smallest absolute Gasteiger partial charge is 0.119 e. The number of nitrogens with one attached hydrogen (secondary N) is 1. The summed E-state index contributed by atoms with van der Waals surface area (Å²) in [6.07, 6.45) is 5.09. The van der Waals surface area contributed by atoms with Crippen LogP contribution in [0.15, 0.2) is 24.3 Å². The molecule has 0 aliphatic heterocycles. The van der Waals surface area contributed by atoms with Gasteiger partial charge in [-0.25, -0.2) is 0 Å². The number of methoxy groups -OCH3 is 1. The molecule has 0 saturated carbocycles. The first-order chi connectivity index (χ1) is 9.76. The fraction of sp³-hybridized carbons (Fsp3) is 0.647. The third kappa shape index (κ3) is 7.51. The minimum atomic E-state index is 0.942. The lowest BCUT2D eigenvalue weighted by Crippen LogP contribution is -2.20. The number of ether oxygens (including phenoxy) is 1. The van der Waals surface area contributed by atoms with Crippen molar-refractivity contribution in [3.8, 4) is 5.75 Å². The van der Waals surface area contributed by atoms with Crippen LogP contribution < -0.4 is 10.1 Å². The van der Waals surface area contributed by atoms with Crippen molar-refractivity contribution in [2.75, 3.05) is 33.8 Å². The fourth-order valence-electron chi connectivity index (χ4n) is 2.27. The maximum Gasteiger partial charge on any atom is 0.119 e. The van der Waals surface area contributed by atoms with Crippen molar-refractivity contribution in [3.63, 3.8) is 0 Å². The molecular weight excluding hydrogens is 248 g/mol. The Bertz CT molecular complexity index is 355. The van der Waals surface area contributed by atoms with Crippen molar-refractivity contribution in [3.05, 3.63) is 29.8 Å². The van der Waals surface area contributed by atoms with Crippen LogP contribution in [0.5, 0.6) is 5.75 Å². The van der Waals surface area contributed by atoms with E-state index in [-0.39, 0.29) is 0 Å². The van der Waals surface area contributed by atoms with E-state index in [9.17, 15) is 0 Å². The van der Waals surface area contributed by atoms with Crippen molar-refractivity contribution >= 4 is 0 Å². The van der Waals surface area contributed by atoms with Gasteiger partial charge >= 0.3 is 0 Å². The van der Waals surface area contributed by atoms with Gasteiger partial charge < -0.3 is 15.0 Å². The molecule has 0 saturated heterocycles. The zero-order valence-electron chi connectivity index (χ0n) is 13.3. The average Bonchev–Trinajstić information content (AvgIpc) is 2.46. The molecule has 0 unspecified atom stereocenters. The summed E-state index contributed by atoms with van der Waals surface area (Å²) in [6.45, 7) is 6.67. The van der Waals surface area contributed by atoms with Gasteiger partial charge in [-0.15, -0.1) is 0 Å². The predicted molar refractivity (Wildman–Crippen MR) is 86.3 cm³/mol. The second-order valence-electron chi connectivity index (χ2n) is 5.40. The van der Waals surface area contributed by atoms with Crippen LogP contribution in [0.1, 0.15) is 38.2 Å². The minimum absolute atomic E-state index is 0.942. The highest BCUT2D eigenvalue weighted by molar-refractivity contribution is 5.28. The zero-order chi connectivity index (χ0) is 14.6. The van der Waals surface area contributed by atoms with E-state index in [4.69, 9.17) is 4.74 Å². The molecule has 1 aromatic rings. The summed E-state index contributed by atoms with van der Waals surface area (Å²) in [4.78, 5) is 2.38. The molecule has 1 aromatic carbocycles. The third-order valence-electron chi connectivity index (χ3n) is 3.41. The van der Waals surface area contributed by atoms with Gasteiger partial charge in [0.25, 0.3) is 0 Å². The summed E-state index contributed by atoms with van der Waals surface area (Å²) < 4.78 is 5.26. The molecule has 0 aromatic heterocycles. The molecule has 0 atom stereocenters. The third-order valence-corrected chi connectivity index (χ3v) is 3.41. The Kier molecular flexibility index (Phi) is 9.09. The lowest BCUT2D eigenvalue weighted by molar-refractivity contribution is 0.316.